The molecule has 0 aromatic rings. The van der Waals surface area contributed by atoms with E-state index >= 15 is 0 Å². The Balaban J connectivity index is 5.84. The van der Waals surface area contributed by atoms with Crippen molar-refractivity contribution in [3.05, 3.63) is 0 Å². The van der Waals surface area contributed by atoms with Crippen LogP contribution in [-0.4, -0.2) is 37.9 Å². The summed E-state index contributed by atoms with van der Waals surface area (Å²) in [7, 11) is -3.49. The predicted molar refractivity (Wildman–Crippen MR) is 109 cm³/mol. The van der Waals surface area contributed by atoms with Crippen LogP contribution in [0.3, 0.4) is 0 Å². The van der Waals surface area contributed by atoms with E-state index < -0.39 is 14.7 Å². The second kappa shape index (κ2) is 12.0. The van der Waals surface area contributed by atoms with Crippen molar-refractivity contribution in [2.24, 2.45) is 0 Å². The minimum absolute atomic E-state index is 0.350. The number of unbranched alkanes of at least 4 members (excludes halogenated alkanes) is 3. The van der Waals surface area contributed by atoms with E-state index in [0.717, 1.165) is 63.2 Å². The van der Waals surface area contributed by atoms with Gasteiger partial charge < -0.3 is 0 Å². The predicted octanol–water partition coefficient (Wildman–Crippen LogP) is 7.07. The Hall–Kier alpha value is 0.540. The zero-order chi connectivity index (χ0) is 18.6. The summed E-state index contributed by atoms with van der Waals surface area (Å²) in [5.41, 5.74) is 0. The van der Waals surface area contributed by atoms with Crippen LogP contribution in [0.1, 0.15) is 80.1 Å². The molecule has 0 amide bonds. The molecule has 0 atom stereocenters. The summed E-state index contributed by atoms with van der Waals surface area (Å²) in [5, 5.41) is 0. The summed E-state index contributed by atoms with van der Waals surface area (Å²) >= 11 is 0. The van der Waals surface area contributed by atoms with Gasteiger partial charge in [-0.2, -0.15) is 0 Å². The van der Waals surface area contributed by atoms with Gasteiger partial charge in [-0.1, -0.05) is 0 Å². The Morgan fingerprint density at radius 1 is 0.708 bits per heavy atom. The molecule has 0 aromatic carbocycles. The van der Waals surface area contributed by atoms with Crippen molar-refractivity contribution in [1.82, 2.24) is 0 Å². The van der Waals surface area contributed by atoms with Gasteiger partial charge in [0, 0.05) is 0 Å². The van der Waals surface area contributed by atoms with Crippen molar-refractivity contribution in [1.29, 1.82) is 0 Å². The monoisotopic (exact) mass is 384 g/mol. The summed E-state index contributed by atoms with van der Waals surface area (Å²) in [6.45, 7) is 10.7. The van der Waals surface area contributed by atoms with Crippen molar-refractivity contribution in [3.8, 4) is 0 Å². The van der Waals surface area contributed by atoms with Crippen molar-refractivity contribution in [2.45, 2.75) is 80.1 Å². The van der Waals surface area contributed by atoms with E-state index in [2.05, 4.69) is 27.7 Å². The Kier molecular flexibility index (Phi) is 12.3. The molecular formula is C18H42O4P2. The molecule has 0 saturated carbocycles. The first-order valence-corrected chi connectivity index (χ1v) is 14.4. The zero-order valence-corrected chi connectivity index (χ0v) is 18.8. The second-order valence-corrected chi connectivity index (χ2v) is 14.5. The van der Waals surface area contributed by atoms with Gasteiger partial charge in [0.25, 0.3) is 0 Å². The summed E-state index contributed by atoms with van der Waals surface area (Å²) in [6.07, 6.45) is 10.9. The fraction of sp³-hybridized carbons (Fsp3) is 1.00. The normalized spacial score (nSPS) is 14.5. The topological polar surface area (TPSA) is 44.8 Å². The first-order chi connectivity index (χ1) is 11.4. The Labute approximate surface area is 151 Å². The Morgan fingerprint density at radius 2 is 1.08 bits per heavy atom. The fourth-order valence-corrected chi connectivity index (χ4v) is 13.1. The molecule has 6 heteroatoms. The Morgan fingerprint density at radius 3 is 1.33 bits per heavy atom. The molecule has 24 heavy (non-hydrogen) atoms. The van der Waals surface area contributed by atoms with Crippen LogP contribution in [0.5, 0.6) is 0 Å². The molecular weight excluding hydrogens is 342 g/mol. The molecule has 0 fully saturated rings. The molecule has 0 heterocycles. The van der Waals surface area contributed by atoms with E-state index in [1.54, 1.807) is 0 Å². The van der Waals surface area contributed by atoms with Crippen LogP contribution in [0.15, 0.2) is 0 Å². The van der Waals surface area contributed by atoms with Crippen LogP contribution in [0.4, 0.5) is 0 Å². The fourth-order valence-electron chi connectivity index (χ4n) is 3.35. The quantitative estimate of drug-likeness (QED) is 0.267. The van der Waals surface area contributed by atoms with Crippen molar-refractivity contribution < 1.29 is 17.9 Å². The van der Waals surface area contributed by atoms with E-state index in [-0.39, 0.29) is 0 Å². The molecule has 0 aliphatic heterocycles. The van der Waals surface area contributed by atoms with Crippen LogP contribution in [0.25, 0.3) is 0 Å². The third-order valence-corrected chi connectivity index (χ3v) is 14.7. The molecule has 0 rings (SSSR count). The number of hydrogen-bond acceptors (Lipinski definition) is 4. The molecule has 0 bridgehead atoms. The average molecular weight is 384 g/mol. The van der Waals surface area contributed by atoms with Crippen LogP contribution >= 0.6 is 14.7 Å². The number of phosphoric ester groups is 1. The first kappa shape index (κ1) is 24.5. The van der Waals surface area contributed by atoms with Gasteiger partial charge in [-0.05, 0) is 0 Å². The van der Waals surface area contributed by atoms with E-state index in [4.69, 9.17) is 13.4 Å². The van der Waals surface area contributed by atoms with Crippen LogP contribution in [0.2, 0.25) is 0 Å². The summed E-state index contributed by atoms with van der Waals surface area (Å²) in [5.74, 6) is 0. The second-order valence-electron chi connectivity index (χ2n) is 6.77. The standard InChI is InChI=1S/C18H42O4P2/c1-7-13-16-24(12-6,17-14-8-2,18-15-9-3)22-23(19,20-10-4)21-11-5/h7-18H2,1-6H3. The van der Waals surface area contributed by atoms with Crippen LogP contribution < -0.4 is 0 Å². The zero-order valence-electron chi connectivity index (χ0n) is 17.0. The van der Waals surface area contributed by atoms with Crippen molar-refractivity contribution >= 4 is 14.7 Å². The van der Waals surface area contributed by atoms with Gasteiger partial charge in [0.2, 0.25) is 0 Å². The van der Waals surface area contributed by atoms with Crippen LogP contribution in [0, 0.1) is 0 Å². The summed E-state index contributed by atoms with van der Waals surface area (Å²) < 4.78 is 30.9. The van der Waals surface area contributed by atoms with Crippen LogP contribution in [-0.2, 0) is 17.9 Å². The third kappa shape index (κ3) is 7.42. The molecule has 0 unspecified atom stereocenters. The van der Waals surface area contributed by atoms with Gasteiger partial charge in [0.15, 0.2) is 0 Å². The average Bonchev–Trinajstić information content (AvgIpc) is 2.57. The van der Waals surface area contributed by atoms with Gasteiger partial charge in [0.05, 0.1) is 0 Å². The molecule has 0 aliphatic rings. The summed E-state index contributed by atoms with van der Waals surface area (Å²) in [4.78, 5) is 0. The van der Waals surface area contributed by atoms with Crippen molar-refractivity contribution in [2.75, 3.05) is 37.9 Å². The number of hydrogen-bond donors (Lipinski definition) is 0. The van der Waals surface area contributed by atoms with Gasteiger partial charge in [0.1, 0.15) is 0 Å². The molecule has 0 N–H and O–H groups in total. The third-order valence-electron chi connectivity index (χ3n) is 4.94. The van der Waals surface area contributed by atoms with Crippen molar-refractivity contribution in [3.63, 3.8) is 0 Å². The van der Waals surface area contributed by atoms with Gasteiger partial charge in [-0.3, -0.25) is 0 Å². The van der Waals surface area contributed by atoms with Gasteiger partial charge >= 0.3 is 151 Å². The maximum absolute atomic E-state index is 13.2. The maximum atomic E-state index is 13.2. The minimum atomic E-state index is -3.49. The van der Waals surface area contributed by atoms with E-state index in [1.165, 1.54) is 0 Å². The molecule has 0 aliphatic carbocycles. The molecule has 0 radical (unpaired) electrons. The molecule has 4 nitrogen and oxygen atoms in total. The number of rotatable bonds is 16. The SMILES string of the molecule is CCCCP(CC)(CCCC)(CCCC)OP(=O)(OCC)OCC. The molecule has 0 aromatic heterocycles. The summed E-state index contributed by atoms with van der Waals surface area (Å²) in [6, 6.07) is 0. The van der Waals surface area contributed by atoms with E-state index in [9.17, 15) is 4.57 Å². The van der Waals surface area contributed by atoms with Gasteiger partial charge in [-0.25, -0.2) is 0 Å². The Bertz CT molecular complexity index is 340. The number of phosphoric acid groups is 1. The van der Waals surface area contributed by atoms with E-state index in [1.807, 2.05) is 13.8 Å². The molecule has 148 valence electrons. The molecule has 0 spiro atoms. The van der Waals surface area contributed by atoms with Gasteiger partial charge in [-0.15, -0.1) is 0 Å². The first-order valence-electron chi connectivity index (χ1n) is 10.00. The van der Waals surface area contributed by atoms with E-state index in [0.29, 0.717) is 13.2 Å². The molecule has 0 saturated heterocycles.